The molecule has 2 aromatic carbocycles. The standard InChI is InChI=1S/C27H26N4O5S2/c1-15-8-10-20(16(2)12-15)30-26(33)24-18-6-4-5-7-22(18)38-25(24)29-27(30)37-14-23(32)28-19-13-17(31(34)35)9-11-21(19)36-3/h8-13H,4-7,14H2,1-3H3,(H,28,32). The molecule has 2 aromatic heterocycles. The molecule has 0 radical (unpaired) electrons. The van der Waals surface area contributed by atoms with E-state index in [1.54, 1.807) is 15.9 Å². The van der Waals surface area contributed by atoms with Crippen LogP contribution >= 0.6 is 23.1 Å². The van der Waals surface area contributed by atoms with Crippen molar-refractivity contribution in [3.05, 3.63) is 78.4 Å². The van der Waals surface area contributed by atoms with Crippen LogP contribution in [0.2, 0.25) is 0 Å². The molecule has 1 amide bonds. The Morgan fingerprint density at radius 3 is 2.74 bits per heavy atom. The number of rotatable bonds is 7. The zero-order valence-corrected chi connectivity index (χ0v) is 22.8. The van der Waals surface area contributed by atoms with Crippen LogP contribution in [0.3, 0.4) is 0 Å². The highest BCUT2D eigenvalue weighted by molar-refractivity contribution is 7.99. The molecule has 9 nitrogen and oxygen atoms in total. The third-order valence-corrected chi connectivity index (χ3v) is 8.68. The maximum atomic E-state index is 14.0. The van der Waals surface area contributed by atoms with Crippen molar-refractivity contribution < 1.29 is 14.5 Å². The number of carbonyl (C=O) groups excluding carboxylic acids is 1. The van der Waals surface area contributed by atoms with Crippen LogP contribution in [0, 0.1) is 24.0 Å². The number of thiophene rings is 1. The van der Waals surface area contributed by atoms with E-state index in [9.17, 15) is 19.7 Å². The SMILES string of the molecule is COc1ccc([N+](=O)[O-])cc1NC(=O)CSc1nc2sc3c(c2c(=O)n1-c1ccc(C)cc1C)CCCC3. The molecule has 0 unspecified atom stereocenters. The molecule has 0 aliphatic heterocycles. The number of aromatic nitrogens is 2. The van der Waals surface area contributed by atoms with Crippen LogP contribution in [-0.2, 0) is 17.6 Å². The molecule has 0 fully saturated rings. The number of nitrogens with zero attached hydrogens (tertiary/aromatic N) is 3. The van der Waals surface area contributed by atoms with Crippen LogP contribution in [-0.4, -0.2) is 33.2 Å². The number of benzene rings is 2. The number of nitro benzene ring substituents is 1. The third-order valence-electron chi connectivity index (χ3n) is 6.55. The summed E-state index contributed by atoms with van der Waals surface area (Å²) in [5.74, 6) is -0.148. The fraction of sp³-hybridized carbons (Fsp3) is 0.296. The molecule has 0 atom stereocenters. The molecule has 1 aliphatic rings. The summed E-state index contributed by atoms with van der Waals surface area (Å²) in [4.78, 5) is 44.4. The Morgan fingerprint density at radius 1 is 1.21 bits per heavy atom. The minimum absolute atomic E-state index is 0.0558. The molecule has 1 aliphatic carbocycles. The molecular formula is C27H26N4O5S2. The molecule has 0 saturated heterocycles. The van der Waals surface area contributed by atoms with Crippen molar-refractivity contribution in [2.45, 2.75) is 44.7 Å². The fourth-order valence-electron chi connectivity index (χ4n) is 4.78. The minimum Gasteiger partial charge on any atom is -0.495 e. The van der Waals surface area contributed by atoms with E-state index in [0.717, 1.165) is 59.8 Å². The summed E-state index contributed by atoms with van der Waals surface area (Å²) in [5.41, 5.74) is 3.78. The van der Waals surface area contributed by atoms with E-state index in [1.165, 1.54) is 30.2 Å². The van der Waals surface area contributed by atoms with E-state index in [0.29, 0.717) is 21.1 Å². The van der Waals surface area contributed by atoms with E-state index in [-0.39, 0.29) is 22.7 Å². The number of aryl methyl sites for hydroxylation is 4. The number of fused-ring (bicyclic) bond motifs is 3. The van der Waals surface area contributed by atoms with E-state index in [2.05, 4.69) is 5.32 Å². The van der Waals surface area contributed by atoms with Gasteiger partial charge in [0.2, 0.25) is 5.91 Å². The van der Waals surface area contributed by atoms with Crippen molar-refractivity contribution in [1.29, 1.82) is 0 Å². The van der Waals surface area contributed by atoms with Gasteiger partial charge in [-0.1, -0.05) is 29.5 Å². The van der Waals surface area contributed by atoms with Crippen LogP contribution in [0.25, 0.3) is 15.9 Å². The average Bonchev–Trinajstić information content (AvgIpc) is 3.27. The Labute approximate surface area is 227 Å². The normalized spacial score (nSPS) is 12.8. The van der Waals surface area contributed by atoms with Crippen LogP contribution in [0.4, 0.5) is 11.4 Å². The maximum Gasteiger partial charge on any atom is 0.271 e. The van der Waals surface area contributed by atoms with Crippen molar-refractivity contribution in [2.75, 3.05) is 18.2 Å². The monoisotopic (exact) mass is 550 g/mol. The lowest BCUT2D eigenvalue weighted by Crippen LogP contribution is -2.24. The number of ether oxygens (including phenoxy) is 1. The van der Waals surface area contributed by atoms with Crippen LogP contribution in [0.5, 0.6) is 5.75 Å². The number of nitrogens with one attached hydrogen (secondary N) is 1. The van der Waals surface area contributed by atoms with Crippen molar-refractivity contribution in [2.24, 2.45) is 0 Å². The maximum absolute atomic E-state index is 14.0. The lowest BCUT2D eigenvalue weighted by atomic mass is 9.97. The first-order chi connectivity index (χ1) is 18.3. The Kier molecular flexibility index (Phi) is 7.22. The van der Waals surface area contributed by atoms with Gasteiger partial charge in [-0.3, -0.25) is 24.3 Å². The van der Waals surface area contributed by atoms with Crippen LogP contribution < -0.4 is 15.6 Å². The van der Waals surface area contributed by atoms with Crippen molar-refractivity contribution in [1.82, 2.24) is 9.55 Å². The molecule has 0 bridgehead atoms. The Morgan fingerprint density at radius 2 is 2.00 bits per heavy atom. The van der Waals surface area contributed by atoms with Crippen LogP contribution in [0.15, 0.2) is 46.3 Å². The first-order valence-corrected chi connectivity index (χ1v) is 14.0. The van der Waals surface area contributed by atoms with Crippen molar-refractivity contribution in [3.63, 3.8) is 0 Å². The summed E-state index contributed by atoms with van der Waals surface area (Å²) in [6.45, 7) is 3.95. The Hall–Kier alpha value is -3.70. The van der Waals surface area contributed by atoms with Gasteiger partial charge in [0.1, 0.15) is 10.6 Å². The predicted molar refractivity (Wildman–Crippen MR) is 150 cm³/mol. The molecule has 4 aromatic rings. The largest absolute Gasteiger partial charge is 0.495 e. The second kappa shape index (κ2) is 10.6. The molecule has 5 rings (SSSR count). The zero-order chi connectivity index (χ0) is 27.0. The first-order valence-electron chi connectivity index (χ1n) is 12.2. The second-order valence-electron chi connectivity index (χ2n) is 9.19. The van der Waals surface area contributed by atoms with Crippen molar-refractivity contribution >= 4 is 50.6 Å². The van der Waals surface area contributed by atoms with Gasteiger partial charge in [-0.2, -0.15) is 0 Å². The quantitative estimate of drug-likeness (QED) is 0.138. The number of thioether (sulfide) groups is 1. The molecule has 38 heavy (non-hydrogen) atoms. The summed E-state index contributed by atoms with van der Waals surface area (Å²) in [6.07, 6.45) is 3.99. The van der Waals surface area contributed by atoms with Gasteiger partial charge >= 0.3 is 0 Å². The number of hydrogen-bond acceptors (Lipinski definition) is 8. The van der Waals surface area contributed by atoms with Gasteiger partial charge in [-0.25, -0.2) is 4.98 Å². The summed E-state index contributed by atoms with van der Waals surface area (Å²) >= 11 is 2.72. The highest BCUT2D eigenvalue weighted by Gasteiger charge is 2.24. The highest BCUT2D eigenvalue weighted by Crippen LogP contribution is 2.36. The smallest absolute Gasteiger partial charge is 0.271 e. The lowest BCUT2D eigenvalue weighted by molar-refractivity contribution is -0.384. The summed E-state index contributed by atoms with van der Waals surface area (Å²) < 4.78 is 6.86. The van der Waals surface area contributed by atoms with Gasteiger partial charge in [-0.15, -0.1) is 11.3 Å². The summed E-state index contributed by atoms with van der Waals surface area (Å²) in [7, 11) is 1.42. The molecular weight excluding hydrogens is 524 g/mol. The second-order valence-corrected chi connectivity index (χ2v) is 11.2. The number of amides is 1. The van der Waals surface area contributed by atoms with Gasteiger partial charge in [0, 0.05) is 17.0 Å². The van der Waals surface area contributed by atoms with E-state index < -0.39 is 10.8 Å². The van der Waals surface area contributed by atoms with Gasteiger partial charge in [0.25, 0.3) is 11.2 Å². The van der Waals surface area contributed by atoms with Gasteiger partial charge in [0.15, 0.2) is 5.16 Å². The topological polar surface area (TPSA) is 116 Å². The lowest BCUT2D eigenvalue weighted by Gasteiger charge is -2.16. The number of hydrogen-bond donors (Lipinski definition) is 1. The Balaban J connectivity index is 1.52. The highest BCUT2D eigenvalue weighted by atomic mass is 32.2. The van der Waals surface area contributed by atoms with Gasteiger partial charge in [-0.05, 0) is 62.8 Å². The zero-order valence-electron chi connectivity index (χ0n) is 21.2. The van der Waals surface area contributed by atoms with E-state index in [1.807, 2.05) is 32.0 Å². The predicted octanol–water partition coefficient (Wildman–Crippen LogP) is 5.59. The number of anilines is 1. The Bertz CT molecular complexity index is 1640. The minimum atomic E-state index is -0.536. The van der Waals surface area contributed by atoms with Crippen LogP contribution in [0.1, 0.15) is 34.4 Å². The van der Waals surface area contributed by atoms with E-state index in [4.69, 9.17) is 9.72 Å². The molecule has 11 heteroatoms. The molecule has 1 N–H and O–H groups in total. The van der Waals surface area contributed by atoms with Gasteiger partial charge in [0.05, 0.1) is 34.5 Å². The molecule has 196 valence electrons. The van der Waals surface area contributed by atoms with Crippen molar-refractivity contribution in [3.8, 4) is 11.4 Å². The third kappa shape index (κ3) is 4.91. The van der Waals surface area contributed by atoms with E-state index >= 15 is 0 Å². The molecule has 0 spiro atoms. The summed E-state index contributed by atoms with van der Waals surface area (Å²) in [5, 5.41) is 15.0. The number of nitro groups is 1. The fourth-order valence-corrected chi connectivity index (χ4v) is 6.88. The first kappa shape index (κ1) is 25.9. The number of carbonyl (C=O) groups is 1. The average molecular weight is 551 g/mol. The number of methoxy groups -OCH3 is 1. The summed E-state index contributed by atoms with van der Waals surface area (Å²) in [6, 6.07) is 9.89. The molecule has 2 heterocycles. The number of non-ortho nitro benzene ring substituents is 1. The van der Waals surface area contributed by atoms with Gasteiger partial charge < -0.3 is 10.1 Å². The molecule has 0 saturated carbocycles.